The maximum Gasteiger partial charge on any atom is 0.416 e. The SMILES string of the molecule is COCCCOc1cc(C(F)(F)F)ccc1C1CCOc2cc(S(=O)(=O)Nc3ncc(F)cn3)ccc21. The van der Waals surface area contributed by atoms with Gasteiger partial charge in [0.05, 0.1) is 36.1 Å². The summed E-state index contributed by atoms with van der Waals surface area (Å²) < 4.78 is 97.3. The largest absolute Gasteiger partial charge is 0.493 e. The molecule has 2 heterocycles. The lowest BCUT2D eigenvalue weighted by atomic mass is 9.85. The van der Waals surface area contributed by atoms with E-state index in [-0.39, 0.29) is 35.6 Å². The van der Waals surface area contributed by atoms with E-state index in [4.69, 9.17) is 14.2 Å². The van der Waals surface area contributed by atoms with E-state index in [0.29, 0.717) is 30.6 Å². The van der Waals surface area contributed by atoms with Crippen LogP contribution in [-0.4, -0.2) is 45.3 Å². The smallest absolute Gasteiger partial charge is 0.416 e. The lowest BCUT2D eigenvalue weighted by Crippen LogP contribution is -2.19. The monoisotopic (exact) mass is 541 g/mol. The third-order valence-corrected chi connectivity index (χ3v) is 6.97. The Bertz CT molecular complexity index is 1350. The van der Waals surface area contributed by atoms with Crippen molar-refractivity contribution in [1.82, 2.24) is 9.97 Å². The highest BCUT2D eigenvalue weighted by molar-refractivity contribution is 7.92. The minimum Gasteiger partial charge on any atom is -0.493 e. The van der Waals surface area contributed by atoms with Gasteiger partial charge in [0.1, 0.15) is 11.5 Å². The van der Waals surface area contributed by atoms with Crippen LogP contribution in [0.4, 0.5) is 23.5 Å². The van der Waals surface area contributed by atoms with Crippen molar-refractivity contribution in [2.75, 3.05) is 31.7 Å². The Morgan fingerprint density at radius 1 is 1.08 bits per heavy atom. The Balaban J connectivity index is 1.65. The predicted molar refractivity (Wildman–Crippen MR) is 125 cm³/mol. The number of hydrogen-bond acceptors (Lipinski definition) is 7. The third kappa shape index (κ3) is 6.28. The van der Waals surface area contributed by atoms with Gasteiger partial charge in [-0.15, -0.1) is 0 Å². The molecule has 37 heavy (non-hydrogen) atoms. The van der Waals surface area contributed by atoms with Gasteiger partial charge < -0.3 is 14.2 Å². The number of nitrogens with zero attached hydrogens (tertiary/aromatic N) is 2. The molecule has 4 rings (SSSR count). The highest BCUT2D eigenvalue weighted by atomic mass is 32.2. The van der Waals surface area contributed by atoms with Crippen LogP contribution in [0.15, 0.2) is 53.7 Å². The quantitative estimate of drug-likeness (QED) is 0.308. The van der Waals surface area contributed by atoms with E-state index in [1.54, 1.807) is 6.07 Å². The molecule has 1 aliphatic heterocycles. The molecule has 1 aliphatic rings. The summed E-state index contributed by atoms with van der Waals surface area (Å²) in [5, 5.41) is 0. The maximum absolute atomic E-state index is 13.4. The molecule has 0 fully saturated rings. The number of alkyl halides is 3. The van der Waals surface area contributed by atoms with Gasteiger partial charge in [-0.2, -0.15) is 13.2 Å². The number of nitrogens with one attached hydrogen (secondary N) is 1. The summed E-state index contributed by atoms with van der Waals surface area (Å²) in [6, 6.07) is 7.56. The molecule has 0 saturated heterocycles. The van der Waals surface area contributed by atoms with Crippen molar-refractivity contribution in [3.05, 3.63) is 71.3 Å². The molecule has 0 aliphatic carbocycles. The number of anilines is 1. The number of ether oxygens (including phenoxy) is 3. The van der Waals surface area contributed by atoms with Gasteiger partial charge in [0, 0.05) is 43.2 Å². The van der Waals surface area contributed by atoms with Gasteiger partial charge in [0.25, 0.3) is 10.0 Å². The molecule has 0 spiro atoms. The van der Waals surface area contributed by atoms with E-state index in [9.17, 15) is 26.0 Å². The van der Waals surface area contributed by atoms with E-state index < -0.39 is 33.5 Å². The third-order valence-electron chi connectivity index (χ3n) is 5.65. The van der Waals surface area contributed by atoms with Gasteiger partial charge in [0.15, 0.2) is 5.82 Å². The molecule has 1 atom stereocenters. The predicted octanol–water partition coefficient (Wildman–Crippen LogP) is 4.77. The van der Waals surface area contributed by atoms with Crippen molar-refractivity contribution in [3.8, 4) is 11.5 Å². The van der Waals surface area contributed by atoms with E-state index in [1.807, 2.05) is 0 Å². The van der Waals surface area contributed by atoms with Crippen LogP contribution >= 0.6 is 0 Å². The number of aromatic nitrogens is 2. The van der Waals surface area contributed by atoms with Crippen molar-refractivity contribution < 1.29 is 40.2 Å². The highest BCUT2D eigenvalue weighted by Gasteiger charge is 2.33. The van der Waals surface area contributed by atoms with Crippen LogP contribution in [0.2, 0.25) is 0 Å². The van der Waals surface area contributed by atoms with Gasteiger partial charge >= 0.3 is 6.18 Å². The number of hydrogen-bond donors (Lipinski definition) is 1. The van der Waals surface area contributed by atoms with E-state index in [0.717, 1.165) is 24.5 Å². The van der Waals surface area contributed by atoms with E-state index in [1.165, 1.54) is 25.3 Å². The van der Waals surface area contributed by atoms with Crippen molar-refractivity contribution in [3.63, 3.8) is 0 Å². The first-order valence-electron chi connectivity index (χ1n) is 11.2. The summed E-state index contributed by atoms with van der Waals surface area (Å²) in [4.78, 5) is 7.03. The van der Waals surface area contributed by atoms with Crippen LogP contribution in [-0.2, 0) is 20.9 Å². The van der Waals surface area contributed by atoms with E-state index in [2.05, 4.69) is 14.7 Å². The topological polar surface area (TPSA) is 99.6 Å². The van der Waals surface area contributed by atoms with Crippen molar-refractivity contribution in [2.45, 2.75) is 29.8 Å². The van der Waals surface area contributed by atoms with Crippen molar-refractivity contribution >= 4 is 16.0 Å². The van der Waals surface area contributed by atoms with Gasteiger partial charge in [-0.3, -0.25) is 0 Å². The molecule has 1 aromatic heterocycles. The second-order valence-corrected chi connectivity index (χ2v) is 9.85. The fourth-order valence-electron chi connectivity index (χ4n) is 3.91. The standard InChI is InChI=1S/C24H23F4N3O5S/c1-34-8-2-9-35-21-11-15(24(26,27)28)3-5-19(21)18-7-10-36-22-12-17(4-6-20(18)22)37(32,33)31-23-29-13-16(25)14-30-23/h3-6,11-14,18H,2,7-10H2,1H3,(H,29,30,31). The molecule has 3 aromatic rings. The Kier molecular flexibility index (Phi) is 7.83. The van der Waals surface area contributed by atoms with E-state index >= 15 is 0 Å². The fourth-order valence-corrected chi connectivity index (χ4v) is 4.89. The summed E-state index contributed by atoms with van der Waals surface area (Å²) in [7, 11) is -2.61. The molecule has 1 unspecified atom stereocenters. The molecule has 0 radical (unpaired) electrons. The molecule has 2 aromatic carbocycles. The van der Waals surface area contributed by atoms with Crippen molar-refractivity contribution in [1.29, 1.82) is 0 Å². The van der Waals surface area contributed by atoms with Crippen LogP contribution in [0.25, 0.3) is 0 Å². The van der Waals surface area contributed by atoms with Crippen LogP contribution in [0, 0.1) is 5.82 Å². The minimum absolute atomic E-state index is 0.0931. The van der Waals surface area contributed by atoms with Gasteiger partial charge in [0.2, 0.25) is 5.95 Å². The summed E-state index contributed by atoms with van der Waals surface area (Å²) in [6.45, 7) is 0.759. The maximum atomic E-state index is 13.4. The summed E-state index contributed by atoms with van der Waals surface area (Å²) >= 11 is 0. The first kappa shape index (κ1) is 26.6. The minimum atomic E-state index is -4.54. The molecular weight excluding hydrogens is 518 g/mol. The molecule has 0 bridgehead atoms. The zero-order chi connectivity index (χ0) is 26.6. The second kappa shape index (κ2) is 10.9. The number of rotatable bonds is 9. The normalized spacial score (nSPS) is 15.5. The van der Waals surface area contributed by atoms with Crippen LogP contribution in [0.5, 0.6) is 11.5 Å². The second-order valence-electron chi connectivity index (χ2n) is 8.16. The first-order chi connectivity index (χ1) is 17.6. The van der Waals surface area contributed by atoms with Gasteiger partial charge in [-0.1, -0.05) is 12.1 Å². The molecular formula is C24H23F4N3O5S. The highest BCUT2D eigenvalue weighted by Crippen LogP contribution is 2.44. The summed E-state index contributed by atoms with van der Waals surface area (Å²) in [6.07, 6.45) is -1.96. The number of sulfonamides is 1. The van der Waals surface area contributed by atoms with Gasteiger partial charge in [-0.25, -0.2) is 27.5 Å². The molecule has 198 valence electrons. The van der Waals surface area contributed by atoms with Crippen molar-refractivity contribution in [2.24, 2.45) is 0 Å². The molecule has 8 nitrogen and oxygen atoms in total. The number of halogens is 4. The number of methoxy groups -OCH3 is 1. The number of fused-ring (bicyclic) bond motifs is 1. The summed E-state index contributed by atoms with van der Waals surface area (Å²) in [5.41, 5.74) is 0.300. The first-order valence-corrected chi connectivity index (χ1v) is 12.7. The van der Waals surface area contributed by atoms with Crippen LogP contribution in [0.3, 0.4) is 0 Å². The Morgan fingerprint density at radius 3 is 2.51 bits per heavy atom. The Hall–Kier alpha value is -3.45. The average Bonchev–Trinajstić information content (AvgIpc) is 2.86. The lowest BCUT2D eigenvalue weighted by Gasteiger charge is -2.28. The molecule has 0 saturated carbocycles. The Morgan fingerprint density at radius 2 is 1.81 bits per heavy atom. The van der Waals surface area contributed by atoms with Crippen LogP contribution in [0.1, 0.15) is 35.4 Å². The van der Waals surface area contributed by atoms with Crippen LogP contribution < -0.4 is 14.2 Å². The average molecular weight is 542 g/mol. The van der Waals surface area contributed by atoms with Gasteiger partial charge in [-0.05, 0) is 24.6 Å². The lowest BCUT2D eigenvalue weighted by molar-refractivity contribution is -0.137. The molecule has 13 heteroatoms. The Labute approximate surface area is 210 Å². The number of benzene rings is 2. The molecule has 1 N–H and O–H groups in total. The zero-order valence-electron chi connectivity index (χ0n) is 19.6. The molecule has 0 amide bonds. The summed E-state index contributed by atoms with van der Waals surface area (Å²) in [5.74, 6) is -1.06. The zero-order valence-corrected chi connectivity index (χ0v) is 20.4. The fraction of sp³-hybridized carbons (Fsp3) is 0.333.